The first-order chi connectivity index (χ1) is 6.74. The molecule has 0 amide bonds. The Balaban J connectivity index is 2.95. The Bertz CT molecular complexity index is 544. The smallest absolute Gasteiger partial charge is 0.378 e. The topological polar surface area (TPSA) is 71.4 Å². The van der Waals surface area contributed by atoms with Crippen LogP contribution in [0.1, 0.15) is 0 Å². The summed E-state index contributed by atoms with van der Waals surface area (Å²) in [6.07, 6.45) is 0. The van der Waals surface area contributed by atoms with Gasteiger partial charge >= 0.3 is 5.69 Å². The van der Waals surface area contributed by atoms with Crippen LogP contribution in [0.15, 0.2) is 30.3 Å². The lowest BCUT2D eigenvalue weighted by Crippen LogP contribution is -1.91. The van der Waals surface area contributed by atoms with Gasteiger partial charge in [0.2, 0.25) is 5.39 Å². The first-order valence-corrected chi connectivity index (χ1v) is 4.01. The molecule has 4 nitrogen and oxygen atoms in total. The molecule has 2 aromatic rings. The summed E-state index contributed by atoms with van der Waals surface area (Å²) in [7, 11) is 0. The number of diazo groups is 1. The number of hydrogen-bond acceptors (Lipinski definition) is 3. The predicted molar refractivity (Wildman–Crippen MR) is 49.8 cm³/mol. The van der Waals surface area contributed by atoms with Crippen molar-refractivity contribution in [3.8, 4) is 11.5 Å². The lowest BCUT2D eigenvalue weighted by atomic mass is 10.1. The van der Waals surface area contributed by atoms with Crippen LogP contribution in [0.25, 0.3) is 15.7 Å². The van der Waals surface area contributed by atoms with Gasteiger partial charge in [-0.1, -0.05) is 12.1 Å². The minimum absolute atomic E-state index is 0.0704. The highest BCUT2D eigenvalue weighted by atomic mass is 16.3. The van der Waals surface area contributed by atoms with Crippen LogP contribution in [-0.4, -0.2) is 5.11 Å². The van der Waals surface area contributed by atoms with Crippen molar-refractivity contribution in [2.24, 2.45) is 0 Å². The van der Waals surface area contributed by atoms with Crippen molar-refractivity contribution in [2.75, 3.05) is 0 Å². The van der Waals surface area contributed by atoms with Crippen LogP contribution in [0.4, 0.5) is 5.69 Å². The molecule has 0 fully saturated rings. The van der Waals surface area contributed by atoms with Gasteiger partial charge in [0.25, 0.3) is 0 Å². The molecule has 0 radical (unpaired) electrons. The molecule has 4 heteroatoms. The number of phenols is 1. The van der Waals surface area contributed by atoms with E-state index in [1.165, 1.54) is 12.1 Å². The van der Waals surface area contributed by atoms with Gasteiger partial charge in [0.1, 0.15) is 5.75 Å². The molecular formula is C10H6N2O2. The van der Waals surface area contributed by atoms with Gasteiger partial charge in [-0.05, 0) is 17.5 Å². The number of fused-ring (bicyclic) bond motifs is 1. The van der Waals surface area contributed by atoms with Crippen LogP contribution < -0.4 is 5.11 Å². The molecule has 0 aliphatic rings. The van der Waals surface area contributed by atoms with Crippen LogP contribution in [-0.2, 0) is 0 Å². The van der Waals surface area contributed by atoms with E-state index in [1.54, 1.807) is 18.2 Å². The lowest BCUT2D eigenvalue weighted by Gasteiger charge is -2.07. The molecule has 0 saturated heterocycles. The fourth-order valence-corrected chi connectivity index (χ4v) is 1.39. The molecule has 2 rings (SSSR count). The fourth-order valence-electron chi connectivity index (χ4n) is 1.39. The molecule has 0 spiro atoms. The zero-order valence-corrected chi connectivity index (χ0v) is 7.14. The molecule has 2 aromatic carbocycles. The van der Waals surface area contributed by atoms with Gasteiger partial charge in [-0.15, -0.1) is 0 Å². The summed E-state index contributed by atoms with van der Waals surface area (Å²) in [6, 6.07) is 7.80. The molecule has 0 aliphatic carbocycles. The minimum Gasteiger partial charge on any atom is -0.867 e. The summed E-state index contributed by atoms with van der Waals surface area (Å²) in [4.78, 5) is 2.84. The summed E-state index contributed by atoms with van der Waals surface area (Å²) in [5.41, 5.74) is -0.0704. The highest BCUT2D eigenvalue weighted by Gasteiger charge is 2.10. The van der Waals surface area contributed by atoms with Crippen molar-refractivity contribution in [3.05, 3.63) is 35.3 Å². The molecule has 0 unspecified atom stereocenters. The normalized spacial score (nSPS) is 9.93. The monoisotopic (exact) mass is 186 g/mol. The second kappa shape index (κ2) is 2.89. The molecule has 1 N–H and O–H groups in total. The van der Waals surface area contributed by atoms with E-state index in [4.69, 9.17) is 5.39 Å². The fraction of sp³-hybridized carbons (Fsp3) is 0. The van der Waals surface area contributed by atoms with E-state index in [0.29, 0.717) is 5.39 Å². The molecular weight excluding hydrogens is 180 g/mol. The second-order valence-electron chi connectivity index (χ2n) is 2.89. The molecule has 0 atom stereocenters. The van der Waals surface area contributed by atoms with E-state index in [0.717, 1.165) is 0 Å². The molecule has 14 heavy (non-hydrogen) atoms. The summed E-state index contributed by atoms with van der Waals surface area (Å²) < 4.78 is 0. The number of hydrogen-bond donors (Lipinski definition) is 1. The summed E-state index contributed by atoms with van der Waals surface area (Å²) in [6.45, 7) is 0. The highest BCUT2D eigenvalue weighted by molar-refractivity contribution is 5.97. The third-order valence-electron chi connectivity index (χ3n) is 2.06. The molecule has 0 aliphatic heterocycles. The standard InChI is InChI=1S/C10H6N2O2/c11-12-7-5-4-6-2-1-3-8(13)9(6)10(7)14/h1-5H,(H-,13,14). The summed E-state index contributed by atoms with van der Waals surface area (Å²) >= 11 is 0. The first-order valence-electron chi connectivity index (χ1n) is 4.01. The summed E-state index contributed by atoms with van der Waals surface area (Å²) in [5.74, 6) is -0.568. The third-order valence-corrected chi connectivity index (χ3v) is 2.06. The van der Waals surface area contributed by atoms with Gasteiger partial charge in [-0.2, -0.15) is 0 Å². The Kier molecular flexibility index (Phi) is 1.72. The third kappa shape index (κ3) is 1.04. The van der Waals surface area contributed by atoms with Crippen molar-refractivity contribution in [2.45, 2.75) is 0 Å². The minimum atomic E-state index is -0.469. The maximum Gasteiger partial charge on any atom is 0.378 e. The van der Waals surface area contributed by atoms with E-state index < -0.39 is 5.75 Å². The number of rotatable bonds is 0. The average molecular weight is 186 g/mol. The Labute approximate surface area is 79.7 Å². The first kappa shape index (κ1) is 8.32. The van der Waals surface area contributed by atoms with Gasteiger partial charge in [-0.3, -0.25) is 0 Å². The maximum atomic E-state index is 11.6. The Hall–Kier alpha value is -2.28. The Morgan fingerprint density at radius 1 is 1.21 bits per heavy atom. The van der Waals surface area contributed by atoms with Gasteiger partial charge in [0, 0.05) is 17.2 Å². The van der Waals surface area contributed by atoms with E-state index >= 15 is 0 Å². The van der Waals surface area contributed by atoms with E-state index in [-0.39, 0.29) is 16.8 Å². The van der Waals surface area contributed by atoms with Crippen LogP contribution in [0, 0.1) is 5.39 Å². The average Bonchev–Trinajstić information content (AvgIpc) is 2.18. The molecule has 0 saturated carbocycles. The van der Waals surface area contributed by atoms with Crippen LogP contribution in [0.2, 0.25) is 0 Å². The van der Waals surface area contributed by atoms with Gasteiger partial charge in [0.15, 0.2) is 4.98 Å². The summed E-state index contributed by atoms with van der Waals surface area (Å²) in [5, 5.41) is 30.3. The molecule has 68 valence electrons. The van der Waals surface area contributed by atoms with Crippen LogP contribution in [0.3, 0.4) is 0 Å². The largest absolute Gasteiger partial charge is 0.867 e. The van der Waals surface area contributed by atoms with Crippen molar-refractivity contribution in [1.82, 2.24) is 0 Å². The van der Waals surface area contributed by atoms with Crippen molar-refractivity contribution in [3.63, 3.8) is 0 Å². The van der Waals surface area contributed by atoms with Gasteiger partial charge < -0.3 is 10.2 Å². The van der Waals surface area contributed by atoms with Crippen molar-refractivity contribution in [1.29, 1.82) is 5.39 Å². The maximum absolute atomic E-state index is 11.6. The zero-order valence-electron chi connectivity index (χ0n) is 7.14. The lowest BCUT2D eigenvalue weighted by molar-refractivity contribution is -0.264. The van der Waals surface area contributed by atoms with E-state index in [1.807, 2.05) is 0 Å². The quantitative estimate of drug-likeness (QED) is 0.640. The number of benzene rings is 2. The molecule has 0 aromatic heterocycles. The number of aromatic hydroxyl groups is 1. The number of nitrogens with zero attached hydrogens (tertiary/aromatic N) is 2. The van der Waals surface area contributed by atoms with Gasteiger partial charge in [-0.25, -0.2) is 0 Å². The Morgan fingerprint density at radius 3 is 2.71 bits per heavy atom. The van der Waals surface area contributed by atoms with Crippen molar-refractivity contribution < 1.29 is 10.2 Å². The zero-order chi connectivity index (χ0) is 10.1. The second-order valence-corrected chi connectivity index (χ2v) is 2.89. The number of phenolic OH excluding ortho intramolecular Hbond substituents is 1. The van der Waals surface area contributed by atoms with E-state index in [2.05, 4.69) is 4.98 Å². The predicted octanol–water partition coefficient (Wildman–Crippen LogP) is 2.10. The Morgan fingerprint density at radius 2 is 2.00 bits per heavy atom. The van der Waals surface area contributed by atoms with Crippen LogP contribution >= 0.6 is 0 Å². The molecule has 0 heterocycles. The van der Waals surface area contributed by atoms with E-state index in [9.17, 15) is 10.2 Å². The van der Waals surface area contributed by atoms with Crippen molar-refractivity contribution >= 4 is 16.5 Å². The van der Waals surface area contributed by atoms with Crippen LogP contribution in [0.5, 0.6) is 11.5 Å². The molecule has 0 bridgehead atoms. The highest BCUT2D eigenvalue weighted by Crippen LogP contribution is 2.37. The SMILES string of the molecule is N#[N+]c1ccc2cccc(O)c2c1[O-]. The van der Waals surface area contributed by atoms with Gasteiger partial charge in [0.05, 0.1) is 0 Å².